The van der Waals surface area contributed by atoms with Crippen molar-refractivity contribution in [1.82, 2.24) is 0 Å². The van der Waals surface area contributed by atoms with E-state index >= 15 is 0 Å². The van der Waals surface area contributed by atoms with Crippen molar-refractivity contribution in [1.29, 1.82) is 0 Å². The van der Waals surface area contributed by atoms with E-state index in [1.165, 1.54) is 6.21 Å². The molecule has 0 aliphatic carbocycles. The molecule has 0 aliphatic heterocycles. The van der Waals surface area contributed by atoms with Crippen LogP contribution in [0.5, 0.6) is 0 Å². The van der Waals surface area contributed by atoms with Gasteiger partial charge in [-0.1, -0.05) is 45.0 Å². The average molecular weight is 224 g/mol. The minimum atomic E-state index is 0.892. The van der Waals surface area contributed by atoms with E-state index in [4.69, 9.17) is 5.21 Å². The van der Waals surface area contributed by atoms with Gasteiger partial charge in [0.05, 0.1) is 6.21 Å². The highest BCUT2D eigenvalue weighted by Crippen LogP contribution is 2.10. The van der Waals surface area contributed by atoms with Crippen molar-refractivity contribution in [3.63, 3.8) is 0 Å². The molecule has 92 valence electrons. The van der Waals surface area contributed by atoms with Gasteiger partial charge >= 0.3 is 0 Å². The normalized spacial score (nSPS) is 8.62. The van der Waals surface area contributed by atoms with Gasteiger partial charge in [0.2, 0.25) is 0 Å². The van der Waals surface area contributed by atoms with E-state index < -0.39 is 0 Å². The van der Waals surface area contributed by atoms with Crippen LogP contribution in [0.4, 0.5) is 5.69 Å². The summed E-state index contributed by atoms with van der Waals surface area (Å²) in [6, 6.07) is 7.73. The third-order valence-corrected chi connectivity index (χ3v) is 1.62. The topological polar surface area (TPSA) is 35.8 Å². The van der Waals surface area contributed by atoms with Crippen LogP contribution < -0.4 is 4.90 Å². The fourth-order valence-corrected chi connectivity index (χ4v) is 0.925. The molecule has 0 radical (unpaired) electrons. The number of benzene rings is 1. The van der Waals surface area contributed by atoms with Crippen molar-refractivity contribution >= 4 is 11.9 Å². The summed E-state index contributed by atoms with van der Waals surface area (Å²) in [6.07, 6.45) is 1.40. The molecule has 16 heavy (non-hydrogen) atoms. The number of hydrogen-bond donors (Lipinski definition) is 1. The lowest BCUT2D eigenvalue weighted by molar-refractivity contribution is 0.322. The number of rotatable bonds is 2. The van der Waals surface area contributed by atoms with Crippen molar-refractivity contribution in [3.8, 4) is 0 Å². The predicted octanol–water partition coefficient (Wildman–Crippen LogP) is 3.61. The van der Waals surface area contributed by atoms with Crippen LogP contribution in [0.2, 0.25) is 0 Å². The summed E-state index contributed by atoms with van der Waals surface area (Å²) in [5.41, 5.74) is 2.02. The van der Waals surface area contributed by atoms with Crippen LogP contribution in [-0.2, 0) is 0 Å². The molecule has 0 aromatic heterocycles. The molecule has 1 aromatic rings. The minimum Gasteiger partial charge on any atom is -0.411 e. The van der Waals surface area contributed by atoms with Gasteiger partial charge in [0.1, 0.15) is 0 Å². The summed E-state index contributed by atoms with van der Waals surface area (Å²) >= 11 is 0. The van der Waals surface area contributed by atoms with E-state index in [9.17, 15) is 0 Å². The molecule has 0 aliphatic rings. The lowest BCUT2D eigenvalue weighted by atomic mass is 10.2. The molecule has 0 spiro atoms. The van der Waals surface area contributed by atoms with Gasteiger partial charge in [-0.15, -0.1) is 0 Å². The van der Waals surface area contributed by atoms with E-state index in [1.807, 2.05) is 71.0 Å². The smallest absolute Gasteiger partial charge is 0.0733 e. The molecular weight excluding hydrogens is 200 g/mol. The van der Waals surface area contributed by atoms with Crippen molar-refractivity contribution in [2.45, 2.75) is 27.7 Å². The number of anilines is 1. The zero-order chi connectivity index (χ0) is 13.0. The molecule has 0 unspecified atom stereocenters. The largest absolute Gasteiger partial charge is 0.411 e. The maximum Gasteiger partial charge on any atom is 0.0733 e. The molecule has 0 saturated heterocycles. The molecule has 0 bridgehead atoms. The first-order valence-electron chi connectivity index (χ1n) is 5.69. The van der Waals surface area contributed by atoms with Crippen LogP contribution >= 0.6 is 0 Å². The van der Waals surface area contributed by atoms with Gasteiger partial charge in [0.15, 0.2) is 0 Å². The number of hydrogen-bond acceptors (Lipinski definition) is 3. The second-order valence-electron chi connectivity index (χ2n) is 2.73. The van der Waals surface area contributed by atoms with E-state index in [1.54, 1.807) is 0 Å². The summed E-state index contributed by atoms with van der Waals surface area (Å²) in [5, 5.41) is 11.2. The molecule has 0 heterocycles. The minimum absolute atomic E-state index is 0.892. The van der Waals surface area contributed by atoms with Gasteiger partial charge in [-0.3, -0.25) is 0 Å². The Morgan fingerprint density at radius 2 is 1.44 bits per heavy atom. The Balaban J connectivity index is 0. The molecule has 3 heteroatoms. The number of oxime groups is 1. The van der Waals surface area contributed by atoms with Crippen LogP contribution in [0.3, 0.4) is 0 Å². The van der Waals surface area contributed by atoms with Crippen LogP contribution in [0.25, 0.3) is 0 Å². The highest BCUT2D eigenvalue weighted by molar-refractivity contribution is 5.79. The highest BCUT2D eigenvalue weighted by Gasteiger charge is 1.93. The van der Waals surface area contributed by atoms with Crippen molar-refractivity contribution in [2.75, 3.05) is 19.0 Å². The second kappa shape index (κ2) is 11.6. The molecule has 0 fully saturated rings. The van der Waals surface area contributed by atoms with Crippen LogP contribution in [0, 0.1) is 0 Å². The summed E-state index contributed by atoms with van der Waals surface area (Å²) in [5.74, 6) is 0. The molecule has 3 nitrogen and oxygen atoms in total. The Hall–Kier alpha value is -1.51. The third-order valence-electron chi connectivity index (χ3n) is 1.62. The zero-order valence-electron chi connectivity index (χ0n) is 11.2. The second-order valence-corrected chi connectivity index (χ2v) is 2.73. The van der Waals surface area contributed by atoms with Gasteiger partial charge < -0.3 is 10.1 Å². The Labute approximate surface area is 99.4 Å². The van der Waals surface area contributed by atoms with Gasteiger partial charge in [0.25, 0.3) is 0 Å². The van der Waals surface area contributed by atoms with Crippen LogP contribution in [0.1, 0.15) is 33.3 Å². The summed E-state index contributed by atoms with van der Waals surface area (Å²) in [6.45, 7) is 8.00. The predicted molar refractivity (Wildman–Crippen MR) is 72.8 cm³/mol. The van der Waals surface area contributed by atoms with Gasteiger partial charge in [-0.2, -0.15) is 0 Å². The number of nitrogens with zero attached hydrogens (tertiary/aromatic N) is 2. The molecule has 1 rings (SSSR count). The molecule has 0 amide bonds. The van der Waals surface area contributed by atoms with Crippen molar-refractivity contribution < 1.29 is 5.21 Å². The lowest BCUT2D eigenvalue weighted by Gasteiger charge is -2.11. The summed E-state index contributed by atoms with van der Waals surface area (Å²) in [7, 11) is 3.96. The van der Waals surface area contributed by atoms with Crippen LogP contribution in [0.15, 0.2) is 29.4 Å². The quantitative estimate of drug-likeness (QED) is 0.473. The summed E-state index contributed by atoms with van der Waals surface area (Å²) < 4.78 is 0. The zero-order valence-corrected chi connectivity index (χ0v) is 11.2. The van der Waals surface area contributed by atoms with Crippen molar-refractivity contribution in [3.05, 3.63) is 29.8 Å². The third kappa shape index (κ3) is 6.87. The fraction of sp³-hybridized carbons (Fsp3) is 0.462. The highest BCUT2D eigenvalue weighted by atomic mass is 16.4. The van der Waals surface area contributed by atoms with E-state index in [2.05, 4.69) is 5.16 Å². The Kier molecular flexibility index (Phi) is 12.2. The first-order chi connectivity index (χ1) is 7.74. The monoisotopic (exact) mass is 224 g/mol. The van der Waals surface area contributed by atoms with E-state index in [-0.39, 0.29) is 0 Å². The maximum absolute atomic E-state index is 8.26. The SMILES string of the molecule is CC.CC.CN(C)c1ccc(/C=N/O)cc1. The van der Waals surface area contributed by atoms with E-state index in [0.717, 1.165) is 11.3 Å². The molecular formula is C13H24N2O. The molecule has 0 atom stereocenters. The Morgan fingerprint density at radius 1 is 1.00 bits per heavy atom. The van der Waals surface area contributed by atoms with E-state index in [0.29, 0.717) is 0 Å². The average Bonchev–Trinajstić information content (AvgIpc) is 2.35. The van der Waals surface area contributed by atoms with Gasteiger partial charge in [-0.05, 0) is 17.7 Å². The lowest BCUT2D eigenvalue weighted by Crippen LogP contribution is -2.08. The standard InChI is InChI=1S/C9H12N2O.2C2H6/c1-11(2)9-5-3-8(4-6-9)7-10-12;2*1-2/h3-7,12H,1-2H3;2*1-2H3/b10-7+;;. The first kappa shape index (κ1) is 16.9. The fourth-order valence-electron chi connectivity index (χ4n) is 0.925. The van der Waals surface area contributed by atoms with Gasteiger partial charge in [-0.25, -0.2) is 0 Å². The van der Waals surface area contributed by atoms with Crippen LogP contribution in [-0.4, -0.2) is 25.5 Å². The molecule has 1 N–H and O–H groups in total. The molecule has 0 saturated carbocycles. The summed E-state index contributed by atoms with van der Waals surface area (Å²) in [4.78, 5) is 2.01. The molecule has 1 aromatic carbocycles. The maximum atomic E-state index is 8.26. The Bertz CT molecular complexity index is 266. The first-order valence-corrected chi connectivity index (χ1v) is 5.69. The van der Waals surface area contributed by atoms with Gasteiger partial charge in [0, 0.05) is 19.8 Å². The van der Waals surface area contributed by atoms with Crippen molar-refractivity contribution in [2.24, 2.45) is 5.16 Å². The Morgan fingerprint density at radius 3 is 1.75 bits per heavy atom.